The van der Waals surface area contributed by atoms with Gasteiger partial charge in [0.2, 0.25) is 10.0 Å². The Balaban J connectivity index is 2.89. The Hall–Kier alpha value is -1.43. The Bertz CT molecular complexity index is 728. The average Bonchev–Trinajstić information content (AvgIpc) is 2.82. The van der Waals surface area contributed by atoms with Crippen LogP contribution in [0, 0.1) is 0 Å². The van der Waals surface area contributed by atoms with E-state index >= 15 is 0 Å². The first-order valence-corrected chi connectivity index (χ1v) is 11.2. The molecule has 0 bridgehead atoms. The van der Waals surface area contributed by atoms with Crippen molar-refractivity contribution in [2.45, 2.75) is 25.5 Å². The number of likely N-dealkylation sites (tertiary alicyclic amines) is 1. The van der Waals surface area contributed by atoms with E-state index in [-0.39, 0.29) is 26.1 Å². The van der Waals surface area contributed by atoms with E-state index in [0.29, 0.717) is 5.57 Å². The zero-order chi connectivity index (χ0) is 19.3. The molecule has 0 aromatic carbocycles. The lowest BCUT2D eigenvalue weighted by atomic mass is 10.1. The van der Waals surface area contributed by atoms with Crippen LogP contribution >= 0.6 is 0 Å². The summed E-state index contributed by atoms with van der Waals surface area (Å²) in [5.41, 5.74) is 0.678. The number of amides is 1. The summed E-state index contributed by atoms with van der Waals surface area (Å²) in [6, 6.07) is -0.467. The van der Waals surface area contributed by atoms with Gasteiger partial charge in [-0.1, -0.05) is 24.3 Å². The van der Waals surface area contributed by atoms with E-state index in [9.17, 15) is 21.6 Å². The first kappa shape index (κ1) is 21.6. The molecule has 1 saturated heterocycles. The molecule has 0 radical (unpaired) electrons. The highest BCUT2D eigenvalue weighted by Crippen LogP contribution is 2.24. The maximum absolute atomic E-state index is 12.1. The molecule has 11 heteroatoms. The van der Waals surface area contributed by atoms with Gasteiger partial charge in [-0.15, -0.1) is 0 Å². The Kier molecular flexibility index (Phi) is 7.60. The van der Waals surface area contributed by atoms with E-state index in [2.05, 4.69) is 11.3 Å². The fourth-order valence-electron chi connectivity index (χ4n) is 2.36. The molecule has 0 unspecified atom stereocenters. The van der Waals surface area contributed by atoms with Crippen LogP contribution in [0.3, 0.4) is 0 Å². The summed E-state index contributed by atoms with van der Waals surface area (Å²) in [5, 5.41) is 0. The van der Waals surface area contributed by atoms with Gasteiger partial charge < -0.3 is 4.74 Å². The largest absolute Gasteiger partial charge is 0.445 e. The van der Waals surface area contributed by atoms with Gasteiger partial charge in [0.05, 0.1) is 31.2 Å². The third-order valence-corrected chi connectivity index (χ3v) is 4.56. The van der Waals surface area contributed by atoms with E-state index in [0.717, 1.165) is 12.5 Å². The van der Waals surface area contributed by atoms with Gasteiger partial charge in [-0.2, -0.15) is 8.42 Å². The highest BCUT2D eigenvalue weighted by Gasteiger charge is 2.37. The van der Waals surface area contributed by atoms with Gasteiger partial charge in [0.15, 0.2) is 0 Å². The van der Waals surface area contributed by atoms with Crippen molar-refractivity contribution in [3.63, 3.8) is 0 Å². The van der Waals surface area contributed by atoms with Crippen LogP contribution in [0.1, 0.15) is 13.3 Å². The molecule has 0 aromatic rings. The van der Waals surface area contributed by atoms with Crippen molar-refractivity contribution in [3.05, 3.63) is 24.3 Å². The Morgan fingerprint density at radius 2 is 1.96 bits per heavy atom. The van der Waals surface area contributed by atoms with Crippen LogP contribution in [0.25, 0.3) is 0 Å². The van der Waals surface area contributed by atoms with Crippen LogP contribution in [0.4, 0.5) is 4.79 Å². The molecule has 1 heterocycles. The van der Waals surface area contributed by atoms with Crippen LogP contribution in [-0.2, 0) is 29.1 Å². The first-order chi connectivity index (χ1) is 11.4. The lowest BCUT2D eigenvalue weighted by Gasteiger charge is -2.21. The molecule has 1 aliphatic rings. The fourth-order valence-corrected chi connectivity index (χ4v) is 3.48. The second-order valence-electron chi connectivity index (χ2n) is 5.85. The Labute approximate surface area is 148 Å². The van der Waals surface area contributed by atoms with Crippen molar-refractivity contribution in [2.75, 3.05) is 32.2 Å². The van der Waals surface area contributed by atoms with Crippen LogP contribution < -0.4 is 4.72 Å². The van der Waals surface area contributed by atoms with Crippen molar-refractivity contribution >= 4 is 26.2 Å². The molecule has 2 atom stereocenters. The number of hydrogen-bond acceptors (Lipinski definition) is 7. The molecule has 144 valence electrons. The summed E-state index contributed by atoms with van der Waals surface area (Å²) >= 11 is 0. The molecule has 0 aromatic heterocycles. The highest BCUT2D eigenvalue weighted by atomic mass is 32.2. The van der Waals surface area contributed by atoms with Crippen LogP contribution in [0.15, 0.2) is 24.3 Å². The molecule has 25 heavy (non-hydrogen) atoms. The molecule has 1 amide bonds. The van der Waals surface area contributed by atoms with Crippen molar-refractivity contribution in [1.82, 2.24) is 9.62 Å². The van der Waals surface area contributed by atoms with Gasteiger partial charge in [-0.3, -0.25) is 9.08 Å². The standard InChI is InChI=1S/C14H24N2O7S2/c1-5-6-22-14(17)16-10-13(23-25(4,20)21)8-12(16)7-11(2)9-15-24(3,18)19/h5,7,12-13,15H,1,6,8-10H2,2-4H3/t12-,13-/m1/s1. The number of hydrogen-bond donors (Lipinski definition) is 1. The second kappa shape index (κ2) is 8.79. The highest BCUT2D eigenvalue weighted by molar-refractivity contribution is 7.88. The zero-order valence-electron chi connectivity index (χ0n) is 14.5. The second-order valence-corrected chi connectivity index (χ2v) is 9.28. The number of carbonyl (C=O) groups is 1. The van der Waals surface area contributed by atoms with Crippen molar-refractivity contribution < 1.29 is 30.6 Å². The number of rotatable bonds is 8. The lowest BCUT2D eigenvalue weighted by Crippen LogP contribution is -2.36. The van der Waals surface area contributed by atoms with Gasteiger partial charge in [0.25, 0.3) is 10.1 Å². The molecule has 0 saturated carbocycles. The first-order valence-electron chi connectivity index (χ1n) is 7.45. The minimum absolute atomic E-state index is 0.0258. The fraction of sp³-hybridized carbons (Fsp3) is 0.643. The van der Waals surface area contributed by atoms with E-state index in [1.807, 2.05) is 0 Å². The van der Waals surface area contributed by atoms with Gasteiger partial charge in [0.1, 0.15) is 6.61 Å². The smallest absolute Gasteiger partial charge is 0.410 e. The van der Waals surface area contributed by atoms with Gasteiger partial charge in [0, 0.05) is 13.0 Å². The lowest BCUT2D eigenvalue weighted by molar-refractivity contribution is 0.109. The van der Waals surface area contributed by atoms with Crippen LogP contribution in [0.2, 0.25) is 0 Å². The molecule has 0 spiro atoms. The van der Waals surface area contributed by atoms with Gasteiger partial charge >= 0.3 is 6.09 Å². The number of sulfonamides is 1. The molecule has 1 fully saturated rings. The summed E-state index contributed by atoms with van der Waals surface area (Å²) in [5.74, 6) is 0. The molecule has 1 N–H and O–H groups in total. The maximum atomic E-state index is 12.1. The monoisotopic (exact) mass is 396 g/mol. The molecule has 9 nitrogen and oxygen atoms in total. The molecule has 1 rings (SSSR count). The van der Waals surface area contributed by atoms with E-state index in [4.69, 9.17) is 8.92 Å². The van der Waals surface area contributed by atoms with E-state index < -0.39 is 38.4 Å². The van der Waals surface area contributed by atoms with Crippen molar-refractivity contribution in [3.8, 4) is 0 Å². The minimum Gasteiger partial charge on any atom is -0.445 e. The SMILES string of the molecule is C=CCOC(=O)N1C[C@H](OS(C)(=O)=O)C[C@H]1C=C(C)CNS(C)(=O)=O. The Morgan fingerprint density at radius 3 is 2.48 bits per heavy atom. The summed E-state index contributed by atoms with van der Waals surface area (Å²) in [4.78, 5) is 13.5. The number of nitrogens with zero attached hydrogens (tertiary/aromatic N) is 1. The summed E-state index contributed by atoms with van der Waals surface area (Å²) < 4.78 is 57.3. The molecule has 1 aliphatic heterocycles. The van der Waals surface area contributed by atoms with Crippen molar-refractivity contribution in [2.24, 2.45) is 0 Å². The topological polar surface area (TPSA) is 119 Å². The average molecular weight is 396 g/mol. The zero-order valence-corrected chi connectivity index (χ0v) is 16.1. The third-order valence-electron chi connectivity index (χ3n) is 3.27. The maximum Gasteiger partial charge on any atom is 0.410 e. The summed E-state index contributed by atoms with van der Waals surface area (Å²) in [7, 11) is -7.00. The minimum atomic E-state index is -3.66. The van der Waals surface area contributed by atoms with Gasteiger partial charge in [-0.05, 0) is 6.92 Å². The van der Waals surface area contributed by atoms with Crippen LogP contribution in [0.5, 0.6) is 0 Å². The molecular formula is C14H24N2O7S2. The number of carbonyl (C=O) groups excluding carboxylic acids is 1. The Morgan fingerprint density at radius 1 is 1.32 bits per heavy atom. The number of ether oxygens (including phenoxy) is 1. The molecular weight excluding hydrogens is 372 g/mol. The number of nitrogens with one attached hydrogen (secondary N) is 1. The predicted molar refractivity (Wildman–Crippen MR) is 93.0 cm³/mol. The summed E-state index contributed by atoms with van der Waals surface area (Å²) in [6.45, 7) is 5.33. The third kappa shape index (κ3) is 8.47. The quantitative estimate of drug-likeness (QED) is 0.460. The predicted octanol–water partition coefficient (Wildman–Crippen LogP) is 0.224. The van der Waals surface area contributed by atoms with Crippen molar-refractivity contribution in [1.29, 1.82) is 0 Å². The van der Waals surface area contributed by atoms with Gasteiger partial charge in [-0.25, -0.2) is 17.9 Å². The van der Waals surface area contributed by atoms with E-state index in [1.165, 1.54) is 11.0 Å². The summed E-state index contributed by atoms with van der Waals surface area (Å²) in [6.07, 6.45) is 4.05. The van der Waals surface area contributed by atoms with Crippen LogP contribution in [-0.4, -0.2) is 72.2 Å². The van der Waals surface area contributed by atoms with E-state index in [1.54, 1.807) is 13.0 Å². The normalized spacial score (nSPS) is 22.0. The molecule has 0 aliphatic carbocycles.